The van der Waals surface area contributed by atoms with Crippen molar-refractivity contribution in [2.45, 2.75) is 39.3 Å². The van der Waals surface area contributed by atoms with Crippen LogP contribution in [0.2, 0.25) is 0 Å². The number of likely N-dealkylation sites (N-methyl/N-ethyl adjacent to an activating group) is 1. The molecule has 0 aromatic rings. The zero-order chi connectivity index (χ0) is 12.0. The highest BCUT2D eigenvalue weighted by molar-refractivity contribution is 5.82. The summed E-state index contributed by atoms with van der Waals surface area (Å²) >= 11 is 0. The molecule has 0 spiro atoms. The maximum absolute atomic E-state index is 11.5. The number of carbonyl (C=O) groups is 2. The van der Waals surface area contributed by atoms with Crippen LogP contribution < -0.4 is 5.32 Å². The van der Waals surface area contributed by atoms with Gasteiger partial charge in [0.2, 0.25) is 5.91 Å². The van der Waals surface area contributed by atoms with Crippen LogP contribution in [-0.2, 0) is 9.59 Å². The van der Waals surface area contributed by atoms with Gasteiger partial charge in [0.25, 0.3) is 0 Å². The number of nitrogens with zero attached hydrogens (tertiary/aromatic N) is 1. The molecule has 0 saturated carbocycles. The van der Waals surface area contributed by atoms with Gasteiger partial charge in [0.1, 0.15) is 6.04 Å². The molecule has 15 heavy (non-hydrogen) atoms. The largest absolute Gasteiger partial charge is 0.480 e. The van der Waals surface area contributed by atoms with E-state index in [1.807, 2.05) is 6.92 Å². The molecule has 5 nitrogen and oxygen atoms in total. The third-order valence-electron chi connectivity index (χ3n) is 2.51. The Hall–Kier alpha value is -1.10. The average Bonchev–Trinajstić information content (AvgIpc) is 2.22. The molecule has 0 aliphatic rings. The fourth-order valence-corrected chi connectivity index (χ4v) is 1.09. The lowest BCUT2D eigenvalue weighted by Gasteiger charge is -2.27. The summed E-state index contributed by atoms with van der Waals surface area (Å²) in [7, 11) is 1.63. The Morgan fingerprint density at radius 1 is 1.33 bits per heavy atom. The van der Waals surface area contributed by atoms with Crippen molar-refractivity contribution in [2.75, 3.05) is 13.6 Å². The fourth-order valence-electron chi connectivity index (χ4n) is 1.09. The Balaban J connectivity index is 4.24. The quantitative estimate of drug-likeness (QED) is 0.670. The van der Waals surface area contributed by atoms with Gasteiger partial charge in [-0.3, -0.25) is 14.5 Å². The Labute approximate surface area is 90.5 Å². The van der Waals surface area contributed by atoms with Gasteiger partial charge in [-0.1, -0.05) is 6.92 Å². The molecule has 0 aromatic carbocycles. The molecule has 0 radical (unpaired) electrons. The number of carbonyl (C=O) groups excluding carboxylic acids is 1. The summed E-state index contributed by atoms with van der Waals surface area (Å²) in [6.07, 6.45) is 0.872. The van der Waals surface area contributed by atoms with Crippen molar-refractivity contribution in [3.8, 4) is 0 Å². The van der Waals surface area contributed by atoms with Crippen LogP contribution in [0.15, 0.2) is 0 Å². The van der Waals surface area contributed by atoms with Crippen LogP contribution in [0.5, 0.6) is 0 Å². The first-order valence-corrected chi connectivity index (χ1v) is 5.14. The maximum Gasteiger partial charge on any atom is 0.320 e. The number of rotatable bonds is 6. The maximum atomic E-state index is 11.5. The van der Waals surface area contributed by atoms with Crippen LogP contribution in [-0.4, -0.2) is 47.6 Å². The van der Waals surface area contributed by atoms with Gasteiger partial charge in [-0.2, -0.15) is 0 Å². The lowest BCUT2D eigenvalue weighted by Crippen LogP contribution is -2.49. The minimum absolute atomic E-state index is 0.132. The average molecular weight is 216 g/mol. The van der Waals surface area contributed by atoms with E-state index in [1.165, 1.54) is 4.90 Å². The summed E-state index contributed by atoms with van der Waals surface area (Å²) in [5.74, 6) is -1.06. The molecule has 2 N–H and O–H groups in total. The Kier molecular flexibility index (Phi) is 5.93. The summed E-state index contributed by atoms with van der Waals surface area (Å²) < 4.78 is 0. The minimum atomic E-state index is -0.923. The number of aliphatic carboxylic acids is 1. The van der Waals surface area contributed by atoms with Crippen molar-refractivity contribution in [3.63, 3.8) is 0 Å². The number of hydrogen-bond acceptors (Lipinski definition) is 3. The SMILES string of the molecule is CCCNC(=O)C(C)N(C)C(C)C(=O)O. The zero-order valence-electron chi connectivity index (χ0n) is 9.78. The highest BCUT2D eigenvalue weighted by atomic mass is 16.4. The van der Waals surface area contributed by atoms with Gasteiger partial charge in [0.15, 0.2) is 0 Å². The van der Waals surface area contributed by atoms with E-state index in [2.05, 4.69) is 5.32 Å². The van der Waals surface area contributed by atoms with Gasteiger partial charge in [-0.25, -0.2) is 0 Å². The summed E-state index contributed by atoms with van der Waals surface area (Å²) in [4.78, 5) is 23.8. The molecule has 0 aromatic heterocycles. The lowest BCUT2D eigenvalue weighted by molar-refractivity contribution is -0.143. The summed E-state index contributed by atoms with van der Waals surface area (Å²) in [6.45, 7) is 5.85. The van der Waals surface area contributed by atoms with E-state index in [-0.39, 0.29) is 5.91 Å². The number of hydrogen-bond donors (Lipinski definition) is 2. The first kappa shape index (κ1) is 13.9. The molecular weight excluding hydrogens is 196 g/mol. The van der Waals surface area contributed by atoms with Gasteiger partial charge in [0.05, 0.1) is 6.04 Å². The van der Waals surface area contributed by atoms with E-state index in [0.717, 1.165) is 6.42 Å². The lowest BCUT2D eigenvalue weighted by atomic mass is 10.2. The normalized spacial score (nSPS) is 14.7. The molecule has 2 unspecified atom stereocenters. The molecule has 2 atom stereocenters. The first-order chi connectivity index (χ1) is 6.91. The highest BCUT2D eigenvalue weighted by Crippen LogP contribution is 2.02. The van der Waals surface area contributed by atoms with Crippen LogP contribution in [0, 0.1) is 0 Å². The van der Waals surface area contributed by atoms with Gasteiger partial charge >= 0.3 is 5.97 Å². The summed E-state index contributed by atoms with van der Waals surface area (Å²) in [5.41, 5.74) is 0. The number of amides is 1. The molecule has 88 valence electrons. The second-order valence-corrected chi connectivity index (χ2v) is 3.65. The van der Waals surface area contributed by atoms with E-state index < -0.39 is 18.1 Å². The molecule has 0 fully saturated rings. The molecule has 0 saturated heterocycles. The standard InChI is InChI=1S/C10H20N2O3/c1-5-6-11-9(13)7(2)12(4)8(3)10(14)15/h7-8H,5-6H2,1-4H3,(H,11,13)(H,14,15). The molecular formula is C10H20N2O3. The van der Waals surface area contributed by atoms with Crippen molar-refractivity contribution in [1.29, 1.82) is 0 Å². The summed E-state index contributed by atoms with van der Waals surface area (Å²) in [5, 5.41) is 11.5. The number of carboxylic acid groups (broad SMARTS) is 1. The predicted molar refractivity (Wildman–Crippen MR) is 57.6 cm³/mol. The smallest absolute Gasteiger partial charge is 0.320 e. The van der Waals surface area contributed by atoms with Crippen LogP contribution in [0.1, 0.15) is 27.2 Å². The Morgan fingerprint density at radius 2 is 1.87 bits per heavy atom. The van der Waals surface area contributed by atoms with E-state index >= 15 is 0 Å². The van der Waals surface area contributed by atoms with Crippen LogP contribution in [0.25, 0.3) is 0 Å². The molecule has 0 aliphatic heterocycles. The van der Waals surface area contributed by atoms with Crippen molar-refractivity contribution in [2.24, 2.45) is 0 Å². The Bertz CT molecular complexity index is 231. The van der Waals surface area contributed by atoms with E-state index in [4.69, 9.17) is 5.11 Å². The van der Waals surface area contributed by atoms with E-state index in [9.17, 15) is 9.59 Å². The molecule has 1 amide bonds. The monoisotopic (exact) mass is 216 g/mol. The summed E-state index contributed by atoms with van der Waals surface area (Å²) in [6, 6.07) is -1.09. The number of carboxylic acids is 1. The van der Waals surface area contributed by atoms with Crippen LogP contribution in [0.3, 0.4) is 0 Å². The first-order valence-electron chi connectivity index (χ1n) is 5.14. The molecule has 0 heterocycles. The van der Waals surface area contributed by atoms with Gasteiger partial charge in [0, 0.05) is 6.54 Å². The fraction of sp³-hybridized carbons (Fsp3) is 0.800. The van der Waals surface area contributed by atoms with Gasteiger partial charge in [-0.15, -0.1) is 0 Å². The van der Waals surface area contributed by atoms with E-state index in [0.29, 0.717) is 6.54 Å². The molecule has 5 heteroatoms. The minimum Gasteiger partial charge on any atom is -0.480 e. The van der Waals surface area contributed by atoms with Crippen LogP contribution in [0.4, 0.5) is 0 Å². The van der Waals surface area contributed by atoms with Crippen molar-refractivity contribution in [3.05, 3.63) is 0 Å². The highest BCUT2D eigenvalue weighted by Gasteiger charge is 2.25. The van der Waals surface area contributed by atoms with Crippen molar-refractivity contribution >= 4 is 11.9 Å². The Morgan fingerprint density at radius 3 is 2.27 bits per heavy atom. The molecule has 0 bridgehead atoms. The third kappa shape index (κ3) is 4.29. The van der Waals surface area contributed by atoms with Gasteiger partial charge in [-0.05, 0) is 27.3 Å². The number of nitrogens with one attached hydrogen (secondary N) is 1. The molecule has 0 rings (SSSR count). The second-order valence-electron chi connectivity index (χ2n) is 3.65. The molecule has 0 aliphatic carbocycles. The van der Waals surface area contributed by atoms with Gasteiger partial charge < -0.3 is 10.4 Å². The predicted octanol–water partition coefficient (Wildman–Crippen LogP) is 0.306. The second kappa shape index (κ2) is 6.40. The van der Waals surface area contributed by atoms with E-state index in [1.54, 1.807) is 20.9 Å². The third-order valence-corrected chi connectivity index (χ3v) is 2.51. The zero-order valence-corrected chi connectivity index (χ0v) is 9.78. The van der Waals surface area contributed by atoms with Crippen molar-refractivity contribution < 1.29 is 14.7 Å². The topological polar surface area (TPSA) is 69.6 Å². The van der Waals surface area contributed by atoms with Crippen LogP contribution >= 0.6 is 0 Å². The van der Waals surface area contributed by atoms with Crippen molar-refractivity contribution in [1.82, 2.24) is 10.2 Å².